The number of thiophene rings is 1. The van der Waals surface area contributed by atoms with E-state index in [2.05, 4.69) is 4.72 Å². The van der Waals surface area contributed by atoms with Crippen LogP contribution in [0.25, 0.3) is 0 Å². The Labute approximate surface area is 115 Å². The average Bonchev–Trinajstić information content (AvgIpc) is 2.77. The molecule has 2 N–H and O–H groups in total. The van der Waals surface area contributed by atoms with Gasteiger partial charge in [0.15, 0.2) is 0 Å². The second-order valence-corrected chi connectivity index (χ2v) is 8.80. The Kier molecular flexibility index (Phi) is 4.82. The van der Waals surface area contributed by atoms with Crippen LogP contribution in [0.3, 0.4) is 0 Å². The minimum Gasteiger partial charge on any atom is -0.477 e. The standard InChI is InChI=1S/C10H15NO4S3/c1-10(2,16-3)6-11-18(14,15)8-5-4-7(17-8)9(12)13/h4-5,11H,6H2,1-3H3,(H,12,13). The molecular weight excluding hydrogens is 294 g/mol. The SMILES string of the molecule is CSC(C)(C)CNS(=O)(=O)c1ccc(C(=O)O)s1. The molecule has 0 amide bonds. The molecule has 1 aromatic heterocycles. The number of nitrogens with one attached hydrogen (secondary N) is 1. The van der Waals surface area contributed by atoms with Crippen LogP contribution < -0.4 is 4.72 Å². The van der Waals surface area contributed by atoms with E-state index in [1.165, 1.54) is 12.1 Å². The van der Waals surface area contributed by atoms with Crippen molar-refractivity contribution in [1.82, 2.24) is 4.72 Å². The third-order valence-corrected chi connectivity index (χ3v) is 6.51. The predicted molar refractivity (Wildman–Crippen MR) is 74.1 cm³/mol. The van der Waals surface area contributed by atoms with E-state index in [-0.39, 0.29) is 20.4 Å². The molecule has 1 heterocycles. The summed E-state index contributed by atoms with van der Waals surface area (Å²) < 4.78 is 26.2. The van der Waals surface area contributed by atoms with E-state index in [9.17, 15) is 13.2 Å². The molecule has 0 spiro atoms. The first-order chi connectivity index (χ1) is 8.18. The smallest absolute Gasteiger partial charge is 0.345 e. The molecule has 0 saturated carbocycles. The van der Waals surface area contributed by atoms with Crippen LogP contribution in [0.2, 0.25) is 0 Å². The fourth-order valence-electron chi connectivity index (χ4n) is 0.992. The number of carboxylic acid groups (broad SMARTS) is 1. The highest BCUT2D eigenvalue weighted by Gasteiger charge is 2.23. The van der Waals surface area contributed by atoms with Gasteiger partial charge < -0.3 is 5.11 Å². The van der Waals surface area contributed by atoms with Gasteiger partial charge in [0.25, 0.3) is 0 Å². The first-order valence-corrected chi connectivity index (χ1v) is 8.58. The molecule has 0 aliphatic carbocycles. The lowest BCUT2D eigenvalue weighted by Crippen LogP contribution is -2.35. The maximum atomic E-state index is 11.9. The molecule has 8 heteroatoms. The van der Waals surface area contributed by atoms with Crippen LogP contribution in [-0.4, -0.2) is 37.0 Å². The Hall–Kier alpha value is -0.570. The zero-order valence-electron chi connectivity index (χ0n) is 10.3. The van der Waals surface area contributed by atoms with E-state index in [1.807, 2.05) is 20.1 Å². The van der Waals surface area contributed by atoms with Crippen LogP contribution in [0.5, 0.6) is 0 Å². The van der Waals surface area contributed by atoms with Gasteiger partial charge in [0, 0.05) is 11.3 Å². The molecule has 102 valence electrons. The third kappa shape index (κ3) is 3.98. The molecule has 0 atom stereocenters. The summed E-state index contributed by atoms with van der Waals surface area (Å²) in [5, 5.41) is 8.75. The van der Waals surface area contributed by atoms with Gasteiger partial charge in [-0.1, -0.05) is 0 Å². The van der Waals surface area contributed by atoms with Crippen LogP contribution in [0.1, 0.15) is 23.5 Å². The van der Waals surface area contributed by atoms with E-state index in [0.29, 0.717) is 0 Å². The van der Waals surface area contributed by atoms with Crippen molar-refractivity contribution in [3.05, 3.63) is 17.0 Å². The lowest BCUT2D eigenvalue weighted by Gasteiger charge is -2.21. The van der Waals surface area contributed by atoms with E-state index >= 15 is 0 Å². The Morgan fingerprint density at radius 2 is 2.11 bits per heavy atom. The quantitative estimate of drug-likeness (QED) is 0.838. The van der Waals surface area contributed by atoms with Crippen molar-refractivity contribution in [1.29, 1.82) is 0 Å². The van der Waals surface area contributed by atoms with Gasteiger partial charge in [-0.2, -0.15) is 11.8 Å². The zero-order valence-corrected chi connectivity index (χ0v) is 12.7. The van der Waals surface area contributed by atoms with Gasteiger partial charge in [-0.15, -0.1) is 11.3 Å². The molecule has 0 unspecified atom stereocenters. The normalized spacial score (nSPS) is 12.6. The largest absolute Gasteiger partial charge is 0.477 e. The second-order valence-electron chi connectivity index (χ2n) is 4.21. The molecule has 18 heavy (non-hydrogen) atoms. The van der Waals surface area contributed by atoms with Crippen LogP contribution in [0, 0.1) is 0 Å². The second kappa shape index (κ2) is 5.60. The molecule has 0 aliphatic rings. The van der Waals surface area contributed by atoms with Crippen molar-refractivity contribution < 1.29 is 18.3 Å². The van der Waals surface area contributed by atoms with Crippen molar-refractivity contribution >= 4 is 39.1 Å². The molecule has 0 bridgehead atoms. The minimum atomic E-state index is -3.62. The topological polar surface area (TPSA) is 83.5 Å². The van der Waals surface area contributed by atoms with Crippen molar-refractivity contribution in [3.8, 4) is 0 Å². The Bertz CT molecular complexity index is 533. The van der Waals surface area contributed by atoms with E-state index in [4.69, 9.17) is 5.11 Å². The lowest BCUT2D eigenvalue weighted by atomic mass is 10.2. The summed E-state index contributed by atoms with van der Waals surface area (Å²) in [6.45, 7) is 4.14. The number of hydrogen-bond donors (Lipinski definition) is 2. The monoisotopic (exact) mass is 309 g/mol. The number of carbonyl (C=O) groups is 1. The summed E-state index contributed by atoms with van der Waals surface area (Å²) in [7, 11) is -3.62. The number of aromatic carboxylic acids is 1. The molecule has 1 aromatic rings. The van der Waals surface area contributed by atoms with E-state index in [1.54, 1.807) is 11.8 Å². The maximum Gasteiger partial charge on any atom is 0.345 e. The van der Waals surface area contributed by atoms with Gasteiger partial charge in [0.1, 0.15) is 9.09 Å². The summed E-state index contributed by atoms with van der Waals surface area (Å²) >= 11 is 2.30. The zero-order chi connectivity index (χ0) is 14.0. The van der Waals surface area contributed by atoms with Crippen LogP contribution >= 0.6 is 23.1 Å². The molecule has 1 rings (SSSR count). The molecule has 5 nitrogen and oxygen atoms in total. The fourth-order valence-corrected chi connectivity index (χ4v) is 3.70. The van der Waals surface area contributed by atoms with Crippen LogP contribution in [-0.2, 0) is 10.0 Å². The van der Waals surface area contributed by atoms with Crippen LogP contribution in [0.15, 0.2) is 16.3 Å². The molecule has 0 aliphatic heterocycles. The van der Waals surface area contributed by atoms with Crippen molar-refractivity contribution in [2.45, 2.75) is 22.8 Å². The molecule has 0 fully saturated rings. The lowest BCUT2D eigenvalue weighted by molar-refractivity contribution is 0.0702. The summed E-state index contributed by atoms with van der Waals surface area (Å²) in [5.41, 5.74) is 0. The van der Waals surface area contributed by atoms with Gasteiger partial charge in [-0.05, 0) is 32.2 Å². The highest BCUT2D eigenvalue weighted by atomic mass is 32.2. The highest BCUT2D eigenvalue weighted by Crippen LogP contribution is 2.24. The number of carboxylic acids is 1. The number of sulfonamides is 1. The van der Waals surface area contributed by atoms with E-state index in [0.717, 1.165) is 11.3 Å². The molecule has 0 aromatic carbocycles. The predicted octanol–water partition coefficient (Wildman–Crippen LogP) is 1.87. The van der Waals surface area contributed by atoms with Gasteiger partial charge in [0.2, 0.25) is 10.0 Å². The summed E-state index contributed by atoms with van der Waals surface area (Å²) in [6, 6.07) is 2.60. The Morgan fingerprint density at radius 1 is 1.50 bits per heavy atom. The number of thioether (sulfide) groups is 1. The number of hydrogen-bond acceptors (Lipinski definition) is 5. The third-order valence-electron chi connectivity index (χ3n) is 2.30. The van der Waals surface area contributed by atoms with Crippen molar-refractivity contribution in [3.63, 3.8) is 0 Å². The van der Waals surface area contributed by atoms with Crippen molar-refractivity contribution in [2.24, 2.45) is 0 Å². The highest BCUT2D eigenvalue weighted by molar-refractivity contribution is 8.00. The van der Waals surface area contributed by atoms with Gasteiger partial charge in [-0.3, -0.25) is 0 Å². The minimum absolute atomic E-state index is 0.0134. The fraction of sp³-hybridized carbons (Fsp3) is 0.500. The Morgan fingerprint density at radius 3 is 2.56 bits per heavy atom. The first-order valence-electron chi connectivity index (χ1n) is 5.06. The Balaban J connectivity index is 2.83. The number of rotatable bonds is 6. The van der Waals surface area contributed by atoms with Gasteiger partial charge in [0.05, 0.1) is 0 Å². The molecule has 0 saturated heterocycles. The van der Waals surface area contributed by atoms with Crippen LogP contribution in [0.4, 0.5) is 0 Å². The summed E-state index contributed by atoms with van der Waals surface area (Å²) in [5.74, 6) is -1.12. The summed E-state index contributed by atoms with van der Waals surface area (Å²) in [6.07, 6.45) is 1.90. The first kappa shape index (κ1) is 15.5. The van der Waals surface area contributed by atoms with E-state index < -0.39 is 16.0 Å². The summed E-state index contributed by atoms with van der Waals surface area (Å²) in [4.78, 5) is 10.7. The van der Waals surface area contributed by atoms with Gasteiger partial charge >= 0.3 is 5.97 Å². The maximum absolute atomic E-state index is 11.9. The molecular formula is C10H15NO4S3. The molecule has 0 radical (unpaired) electrons. The van der Waals surface area contributed by atoms with Crippen molar-refractivity contribution in [2.75, 3.05) is 12.8 Å². The average molecular weight is 309 g/mol. The van der Waals surface area contributed by atoms with Gasteiger partial charge in [-0.25, -0.2) is 17.9 Å².